The number of ether oxygens (including phenoxy) is 2. The Morgan fingerprint density at radius 2 is 1.68 bits per heavy atom. The van der Waals surface area contributed by atoms with Gasteiger partial charge in [0.2, 0.25) is 10.0 Å². The summed E-state index contributed by atoms with van der Waals surface area (Å²) < 4.78 is 49.5. The molecule has 0 unspecified atom stereocenters. The SMILES string of the molecule is COC(=O)c1ccccc1NC(=O)c1ccc(OC)c(CN(c2ccc(F)cc2)S(C)(=O)=O)c1. The van der Waals surface area contributed by atoms with E-state index >= 15 is 0 Å². The minimum absolute atomic E-state index is 0.159. The summed E-state index contributed by atoms with van der Waals surface area (Å²) in [6.07, 6.45) is 1.03. The number of sulfonamides is 1. The van der Waals surface area contributed by atoms with Crippen LogP contribution in [-0.4, -0.2) is 40.8 Å². The van der Waals surface area contributed by atoms with E-state index < -0.39 is 27.7 Å². The summed E-state index contributed by atoms with van der Waals surface area (Å²) in [5, 5.41) is 2.67. The van der Waals surface area contributed by atoms with Gasteiger partial charge in [0.25, 0.3) is 5.91 Å². The molecule has 1 N–H and O–H groups in total. The van der Waals surface area contributed by atoms with Gasteiger partial charge in [0.05, 0.1) is 44.0 Å². The van der Waals surface area contributed by atoms with E-state index in [9.17, 15) is 22.4 Å². The first-order valence-electron chi connectivity index (χ1n) is 10.0. The van der Waals surface area contributed by atoms with Gasteiger partial charge < -0.3 is 14.8 Å². The van der Waals surface area contributed by atoms with Crippen molar-refractivity contribution in [3.63, 3.8) is 0 Å². The van der Waals surface area contributed by atoms with Crippen molar-refractivity contribution in [2.75, 3.05) is 30.1 Å². The van der Waals surface area contributed by atoms with Gasteiger partial charge >= 0.3 is 5.97 Å². The predicted molar refractivity (Wildman–Crippen MR) is 126 cm³/mol. The zero-order chi connectivity index (χ0) is 24.9. The number of esters is 1. The number of carbonyl (C=O) groups excluding carboxylic acids is 2. The number of nitrogens with zero attached hydrogens (tertiary/aromatic N) is 1. The van der Waals surface area contributed by atoms with Gasteiger partial charge in [-0.05, 0) is 54.6 Å². The summed E-state index contributed by atoms with van der Waals surface area (Å²) in [5.74, 6) is -1.26. The molecule has 0 aliphatic heterocycles. The first-order valence-corrected chi connectivity index (χ1v) is 11.9. The molecule has 0 aliphatic carbocycles. The molecule has 10 heteroatoms. The quantitative estimate of drug-likeness (QED) is 0.486. The average molecular weight is 487 g/mol. The van der Waals surface area contributed by atoms with Crippen LogP contribution in [0.2, 0.25) is 0 Å². The fraction of sp³-hybridized carbons (Fsp3) is 0.167. The molecule has 0 fully saturated rings. The monoisotopic (exact) mass is 486 g/mol. The number of hydrogen-bond acceptors (Lipinski definition) is 6. The molecule has 3 aromatic carbocycles. The topological polar surface area (TPSA) is 102 Å². The number of nitrogens with one attached hydrogen (secondary N) is 1. The Morgan fingerprint density at radius 3 is 2.29 bits per heavy atom. The van der Waals surface area contributed by atoms with E-state index in [-0.39, 0.29) is 29.0 Å². The molecular weight excluding hydrogens is 463 g/mol. The number of carbonyl (C=O) groups is 2. The number of benzene rings is 3. The fourth-order valence-electron chi connectivity index (χ4n) is 3.28. The Balaban J connectivity index is 1.95. The van der Waals surface area contributed by atoms with Crippen LogP contribution in [-0.2, 0) is 21.3 Å². The Morgan fingerprint density at radius 1 is 1.00 bits per heavy atom. The van der Waals surface area contributed by atoms with Crippen molar-refractivity contribution in [1.29, 1.82) is 0 Å². The summed E-state index contributed by atoms with van der Waals surface area (Å²) >= 11 is 0. The van der Waals surface area contributed by atoms with E-state index in [0.29, 0.717) is 11.3 Å². The van der Waals surface area contributed by atoms with E-state index in [1.54, 1.807) is 24.3 Å². The molecule has 0 aliphatic rings. The lowest BCUT2D eigenvalue weighted by Crippen LogP contribution is -2.29. The first kappa shape index (κ1) is 24.7. The summed E-state index contributed by atoms with van der Waals surface area (Å²) in [7, 11) is -1.08. The molecule has 0 atom stereocenters. The number of anilines is 2. The zero-order valence-corrected chi connectivity index (χ0v) is 19.6. The van der Waals surface area contributed by atoms with Crippen LogP contribution in [0.1, 0.15) is 26.3 Å². The third-order valence-electron chi connectivity index (χ3n) is 4.95. The van der Waals surface area contributed by atoms with Crippen LogP contribution >= 0.6 is 0 Å². The van der Waals surface area contributed by atoms with Crippen LogP contribution in [0.3, 0.4) is 0 Å². The van der Waals surface area contributed by atoms with Crippen molar-refractivity contribution >= 4 is 33.3 Å². The van der Waals surface area contributed by atoms with Gasteiger partial charge in [-0.2, -0.15) is 0 Å². The maximum Gasteiger partial charge on any atom is 0.339 e. The highest BCUT2D eigenvalue weighted by molar-refractivity contribution is 7.92. The molecule has 178 valence electrons. The molecule has 0 saturated carbocycles. The molecule has 0 aromatic heterocycles. The molecule has 0 bridgehead atoms. The first-order chi connectivity index (χ1) is 16.1. The van der Waals surface area contributed by atoms with Crippen molar-refractivity contribution in [1.82, 2.24) is 0 Å². The van der Waals surface area contributed by atoms with Gasteiger partial charge in [-0.1, -0.05) is 12.1 Å². The Kier molecular flexibility index (Phi) is 7.52. The Bertz CT molecular complexity index is 1310. The summed E-state index contributed by atoms with van der Waals surface area (Å²) in [6.45, 7) is -0.159. The maximum atomic E-state index is 13.4. The lowest BCUT2D eigenvalue weighted by Gasteiger charge is -2.24. The highest BCUT2D eigenvalue weighted by atomic mass is 32.2. The Labute approximate surface area is 197 Å². The molecular formula is C24H23FN2O6S. The molecule has 1 amide bonds. The van der Waals surface area contributed by atoms with Crippen molar-refractivity contribution < 1.29 is 31.9 Å². The summed E-state index contributed by atoms with van der Waals surface area (Å²) in [5.41, 5.74) is 1.33. The smallest absolute Gasteiger partial charge is 0.339 e. The van der Waals surface area contributed by atoms with E-state index in [1.807, 2.05) is 0 Å². The van der Waals surface area contributed by atoms with Gasteiger partial charge in [0.15, 0.2) is 0 Å². The van der Waals surface area contributed by atoms with Crippen molar-refractivity contribution in [2.45, 2.75) is 6.54 Å². The third kappa shape index (κ3) is 5.70. The zero-order valence-electron chi connectivity index (χ0n) is 18.7. The Hall–Kier alpha value is -3.92. The minimum Gasteiger partial charge on any atom is -0.496 e. The van der Waals surface area contributed by atoms with E-state index in [0.717, 1.165) is 22.7 Å². The number of amides is 1. The summed E-state index contributed by atoms with van der Waals surface area (Å²) in [4.78, 5) is 24.9. The van der Waals surface area contributed by atoms with Gasteiger partial charge in [0.1, 0.15) is 11.6 Å². The highest BCUT2D eigenvalue weighted by Crippen LogP contribution is 2.27. The van der Waals surface area contributed by atoms with Crippen molar-refractivity contribution in [2.24, 2.45) is 0 Å². The van der Waals surface area contributed by atoms with E-state index in [2.05, 4.69) is 5.32 Å². The van der Waals surface area contributed by atoms with E-state index in [1.165, 1.54) is 44.6 Å². The van der Waals surface area contributed by atoms with Gasteiger partial charge in [0, 0.05) is 11.1 Å². The number of halogens is 1. The standard InChI is InChI=1S/C24H23FN2O6S/c1-32-22-13-8-16(23(28)26-21-7-5-4-6-20(21)24(29)33-2)14-17(22)15-27(34(3,30)31)19-11-9-18(25)10-12-19/h4-14H,15H2,1-3H3,(H,26,28). The largest absolute Gasteiger partial charge is 0.496 e. The van der Waals surface area contributed by atoms with E-state index in [4.69, 9.17) is 9.47 Å². The van der Waals surface area contributed by atoms with Crippen LogP contribution in [0, 0.1) is 5.82 Å². The maximum absolute atomic E-state index is 13.4. The van der Waals surface area contributed by atoms with Crippen molar-refractivity contribution in [3.8, 4) is 5.75 Å². The molecule has 8 nitrogen and oxygen atoms in total. The predicted octanol–water partition coefficient (Wildman–Crippen LogP) is 3.84. The lowest BCUT2D eigenvalue weighted by atomic mass is 10.1. The van der Waals surface area contributed by atoms with Gasteiger partial charge in [-0.15, -0.1) is 0 Å². The molecule has 3 rings (SSSR count). The number of para-hydroxylation sites is 1. The minimum atomic E-state index is -3.75. The number of hydrogen-bond donors (Lipinski definition) is 1. The lowest BCUT2D eigenvalue weighted by molar-refractivity contribution is 0.0602. The molecule has 0 saturated heterocycles. The second kappa shape index (κ2) is 10.3. The summed E-state index contributed by atoms with van der Waals surface area (Å²) in [6, 6.07) is 16.0. The van der Waals surface area contributed by atoms with Gasteiger partial charge in [-0.3, -0.25) is 9.10 Å². The molecule has 3 aromatic rings. The van der Waals surface area contributed by atoms with Crippen LogP contribution in [0.5, 0.6) is 5.75 Å². The van der Waals surface area contributed by atoms with Gasteiger partial charge in [-0.25, -0.2) is 17.6 Å². The van der Waals surface area contributed by atoms with Crippen LogP contribution in [0.15, 0.2) is 66.7 Å². The molecule has 34 heavy (non-hydrogen) atoms. The molecule has 0 heterocycles. The number of methoxy groups -OCH3 is 2. The average Bonchev–Trinajstić information content (AvgIpc) is 2.82. The van der Waals surface area contributed by atoms with Crippen LogP contribution in [0.4, 0.5) is 15.8 Å². The number of rotatable bonds is 8. The fourth-order valence-corrected chi connectivity index (χ4v) is 4.16. The molecule has 0 radical (unpaired) electrons. The normalized spacial score (nSPS) is 10.9. The second-order valence-corrected chi connectivity index (χ2v) is 9.17. The highest BCUT2D eigenvalue weighted by Gasteiger charge is 2.21. The van der Waals surface area contributed by atoms with Crippen LogP contribution < -0.4 is 14.4 Å². The third-order valence-corrected chi connectivity index (χ3v) is 6.09. The second-order valence-electron chi connectivity index (χ2n) is 7.26. The molecule has 0 spiro atoms. The van der Waals surface area contributed by atoms with Crippen molar-refractivity contribution in [3.05, 3.63) is 89.2 Å². The van der Waals surface area contributed by atoms with Crippen LogP contribution in [0.25, 0.3) is 0 Å².